The van der Waals surface area contributed by atoms with Crippen molar-refractivity contribution in [2.24, 2.45) is 12.0 Å². The van der Waals surface area contributed by atoms with Crippen molar-refractivity contribution < 1.29 is 13.9 Å². The van der Waals surface area contributed by atoms with Crippen LogP contribution in [0.25, 0.3) is 0 Å². The Morgan fingerprint density at radius 1 is 1.41 bits per heavy atom. The van der Waals surface area contributed by atoms with Gasteiger partial charge in [0.05, 0.1) is 32.5 Å². The SMILES string of the molecule is CCNC(=NCc1ccc(OCC)c(F)c1)N1CCOC(c2cnn(C)c2)C1.I. The van der Waals surface area contributed by atoms with Gasteiger partial charge in [-0.3, -0.25) is 4.68 Å². The Kier molecular flexibility index (Phi) is 9.15. The van der Waals surface area contributed by atoms with E-state index in [1.807, 2.05) is 39.4 Å². The van der Waals surface area contributed by atoms with Crippen molar-refractivity contribution in [3.63, 3.8) is 0 Å². The van der Waals surface area contributed by atoms with Crippen molar-refractivity contribution in [1.29, 1.82) is 0 Å². The minimum absolute atomic E-state index is 0. The molecule has 0 aliphatic carbocycles. The van der Waals surface area contributed by atoms with Crippen molar-refractivity contribution >= 4 is 29.9 Å². The van der Waals surface area contributed by atoms with E-state index in [-0.39, 0.29) is 41.6 Å². The first-order chi connectivity index (χ1) is 13.6. The predicted molar refractivity (Wildman–Crippen MR) is 121 cm³/mol. The van der Waals surface area contributed by atoms with Crippen LogP contribution in [0.1, 0.15) is 31.1 Å². The molecule has 9 heteroatoms. The molecule has 2 aromatic rings. The normalized spacial score (nSPS) is 17.0. The number of aryl methyl sites for hydroxylation is 1. The van der Waals surface area contributed by atoms with E-state index in [2.05, 4.69) is 15.3 Å². The topological polar surface area (TPSA) is 63.9 Å². The number of hydrogen-bond acceptors (Lipinski definition) is 4. The highest BCUT2D eigenvalue weighted by molar-refractivity contribution is 14.0. The third kappa shape index (κ3) is 6.30. The summed E-state index contributed by atoms with van der Waals surface area (Å²) in [6.07, 6.45) is 3.76. The van der Waals surface area contributed by atoms with Gasteiger partial charge in [0.25, 0.3) is 0 Å². The molecule has 1 aliphatic heterocycles. The summed E-state index contributed by atoms with van der Waals surface area (Å²) in [5, 5.41) is 7.56. The van der Waals surface area contributed by atoms with Gasteiger partial charge in [-0.05, 0) is 31.5 Å². The molecule has 29 heavy (non-hydrogen) atoms. The molecule has 1 aliphatic rings. The predicted octanol–water partition coefficient (Wildman–Crippen LogP) is 3.11. The Bertz CT molecular complexity index is 814. The average Bonchev–Trinajstić information content (AvgIpc) is 3.14. The summed E-state index contributed by atoms with van der Waals surface area (Å²) in [6.45, 7) is 7.50. The van der Waals surface area contributed by atoms with Crippen LogP contribution in [0.15, 0.2) is 35.6 Å². The number of halogens is 2. The Hall–Kier alpha value is -1.88. The van der Waals surface area contributed by atoms with Crippen molar-refractivity contribution in [1.82, 2.24) is 20.0 Å². The highest BCUT2D eigenvalue weighted by Crippen LogP contribution is 2.22. The molecule has 0 spiro atoms. The molecule has 3 rings (SSSR count). The molecule has 1 saturated heterocycles. The molecule has 0 radical (unpaired) electrons. The molecule has 1 atom stereocenters. The quantitative estimate of drug-likeness (QED) is 0.363. The first-order valence-electron chi connectivity index (χ1n) is 9.65. The molecule has 1 fully saturated rings. The van der Waals surface area contributed by atoms with E-state index in [4.69, 9.17) is 14.5 Å². The third-order valence-electron chi connectivity index (χ3n) is 4.51. The molecule has 7 nitrogen and oxygen atoms in total. The smallest absolute Gasteiger partial charge is 0.194 e. The zero-order chi connectivity index (χ0) is 19.9. The summed E-state index contributed by atoms with van der Waals surface area (Å²) in [5.41, 5.74) is 1.85. The van der Waals surface area contributed by atoms with Gasteiger partial charge >= 0.3 is 0 Å². The first-order valence-corrected chi connectivity index (χ1v) is 9.65. The number of nitrogens with zero attached hydrogens (tertiary/aromatic N) is 4. The van der Waals surface area contributed by atoms with Crippen LogP contribution < -0.4 is 10.1 Å². The molecule has 1 aromatic heterocycles. The number of nitrogens with one attached hydrogen (secondary N) is 1. The van der Waals surface area contributed by atoms with Crippen LogP contribution in [0.4, 0.5) is 4.39 Å². The molecule has 0 saturated carbocycles. The summed E-state index contributed by atoms with van der Waals surface area (Å²) in [6, 6.07) is 4.98. The van der Waals surface area contributed by atoms with Crippen LogP contribution >= 0.6 is 24.0 Å². The zero-order valence-corrected chi connectivity index (χ0v) is 19.4. The molecular weight excluding hydrogens is 488 g/mol. The van der Waals surface area contributed by atoms with Crippen LogP contribution in [-0.4, -0.2) is 53.5 Å². The van der Waals surface area contributed by atoms with Crippen LogP contribution in [-0.2, 0) is 18.3 Å². The lowest BCUT2D eigenvalue weighted by Gasteiger charge is -2.34. The summed E-state index contributed by atoms with van der Waals surface area (Å²) in [5.74, 6) is 0.714. The first kappa shape index (κ1) is 23.4. The lowest BCUT2D eigenvalue weighted by Crippen LogP contribution is -2.48. The van der Waals surface area contributed by atoms with Gasteiger partial charge in [0.15, 0.2) is 17.5 Å². The second kappa shape index (κ2) is 11.3. The highest BCUT2D eigenvalue weighted by atomic mass is 127. The van der Waals surface area contributed by atoms with E-state index in [9.17, 15) is 4.39 Å². The van der Waals surface area contributed by atoms with Crippen LogP contribution in [0, 0.1) is 5.82 Å². The van der Waals surface area contributed by atoms with E-state index in [0.29, 0.717) is 26.3 Å². The van der Waals surface area contributed by atoms with E-state index in [1.165, 1.54) is 6.07 Å². The Balaban J connectivity index is 0.00000300. The number of rotatable bonds is 6. The van der Waals surface area contributed by atoms with Gasteiger partial charge in [0.2, 0.25) is 0 Å². The van der Waals surface area contributed by atoms with E-state index in [1.54, 1.807) is 10.7 Å². The number of aliphatic imine (C=N–C) groups is 1. The van der Waals surface area contributed by atoms with Gasteiger partial charge in [-0.15, -0.1) is 24.0 Å². The van der Waals surface area contributed by atoms with Crippen LogP contribution in [0.2, 0.25) is 0 Å². The van der Waals surface area contributed by atoms with Gasteiger partial charge in [-0.2, -0.15) is 5.10 Å². The van der Waals surface area contributed by atoms with Crippen molar-refractivity contribution in [2.45, 2.75) is 26.5 Å². The number of benzene rings is 1. The van der Waals surface area contributed by atoms with E-state index in [0.717, 1.165) is 30.2 Å². The molecule has 1 aromatic carbocycles. The fourth-order valence-electron chi connectivity index (χ4n) is 3.16. The summed E-state index contributed by atoms with van der Waals surface area (Å²) in [7, 11) is 1.89. The van der Waals surface area contributed by atoms with E-state index >= 15 is 0 Å². The molecule has 1 unspecified atom stereocenters. The van der Waals surface area contributed by atoms with Gasteiger partial charge in [0, 0.05) is 31.9 Å². The fourth-order valence-corrected chi connectivity index (χ4v) is 3.16. The summed E-state index contributed by atoms with van der Waals surface area (Å²) < 4.78 is 27.0. The van der Waals surface area contributed by atoms with Gasteiger partial charge < -0.3 is 19.7 Å². The average molecular weight is 517 g/mol. The van der Waals surface area contributed by atoms with Crippen molar-refractivity contribution in [3.05, 3.63) is 47.5 Å². The molecule has 160 valence electrons. The second-order valence-corrected chi connectivity index (χ2v) is 6.62. The monoisotopic (exact) mass is 517 g/mol. The molecular formula is C20H29FIN5O2. The van der Waals surface area contributed by atoms with Gasteiger partial charge in [0.1, 0.15) is 6.10 Å². The standard InChI is InChI=1S/C20H28FN5O2.HI/c1-4-22-20(23-11-15-6-7-18(27-5-2)17(21)10-15)26-8-9-28-19(14-26)16-12-24-25(3)13-16;/h6-7,10,12-13,19H,4-5,8-9,11,14H2,1-3H3,(H,22,23);1H. The largest absolute Gasteiger partial charge is 0.491 e. The maximum atomic E-state index is 14.1. The summed E-state index contributed by atoms with van der Waals surface area (Å²) >= 11 is 0. The minimum Gasteiger partial charge on any atom is -0.491 e. The lowest BCUT2D eigenvalue weighted by molar-refractivity contribution is -0.00805. The molecule has 2 heterocycles. The highest BCUT2D eigenvalue weighted by Gasteiger charge is 2.25. The van der Waals surface area contributed by atoms with Gasteiger partial charge in [-0.25, -0.2) is 9.38 Å². The number of ether oxygens (including phenoxy) is 2. The van der Waals surface area contributed by atoms with Gasteiger partial charge in [-0.1, -0.05) is 6.07 Å². The summed E-state index contributed by atoms with van der Waals surface area (Å²) in [4.78, 5) is 6.88. The zero-order valence-electron chi connectivity index (χ0n) is 17.1. The van der Waals surface area contributed by atoms with Crippen LogP contribution in [0.5, 0.6) is 5.75 Å². The lowest BCUT2D eigenvalue weighted by atomic mass is 10.1. The molecule has 1 N–H and O–H groups in total. The molecule has 0 amide bonds. The Labute approximate surface area is 188 Å². The second-order valence-electron chi connectivity index (χ2n) is 6.62. The number of hydrogen-bond donors (Lipinski definition) is 1. The van der Waals surface area contributed by atoms with Crippen LogP contribution in [0.3, 0.4) is 0 Å². The van der Waals surface area contributed by atoms with Crippen molar-refractivity contribution in [3.8, 4) is 5.75 Å². The van der Waals surface area contributed by atoms with E-state index < -0.39 is 0 Å². The fraction of sp³-hybridized carbons (Fsp3) is 0.500. The third-order valence-corrected chi connectivity index (χ3v) is 4.51. The molecule has 0 bridgehead atoms. The number of aromatic nitrogens is 2. The Morgan fingerprint density at radius 2 is 2.24 bits per heavy atom. The minimum atomic E-state index is -0.359. The Morgan fingerprint density at radius 3 is 2.90 bits per heavy atom. The van der Waals surface area contributed by atoms with Crippen molar-refractivity contribution in [2.75, 3.05) is 32.8 Å². The number of guanidine groups is 1. The number of morpholine rings is 1. The maximum Gasteiger partial charge on any atom is 0.194 e. The maximum absolute atomic E-state index is 14.1.